The molecule has 2 heterocycles. The fourth-order valence-electron chi connectivity index (χ4n) is 2.17. The van der Waals surface area contributed by atoms with Crippen LogP contribution < -0.4 is 10.6 Å². The molecule has 0 unspecified atom stereocenters. The van der Waals surface area contributed by atoms with Crippen molar-refractivity contribution in [2.24, 2.45) is 0 Å². The van der Waals surface area contributed by atoms with Crippen LogP contribution in [-0.4, -0.2) is 49.6 Å². The number of amides is 1. The number of carbonyl (C=O) groups is 1. The number of carbonyl (C=O) groups excluding carboxylic acids is 1. The van der Waals surface area contributed by atoms with Gasteiger partial charge in [-0.15, -0.1) is 0 Å². The summed E-state index contributed by atoms with van der Waals surface area (Å²) in [5.41, 5.74) is 0. The first-order valence-electron chi connectivity index (χ1n) is 5.61. The molecule has 0 aromatic rings. The molecule has 0 aromatic heterocycles. The van der Waals surface area contributed by atoms with Gasteiger partial charge in [0.05, 0.1) is 6.04 Å². The Morgan fingerprint density at radius 3 is 2.57 bits per heavy atom. The molecule has 80 valence electrons. The molecular weight excluding hydrogens is 178 g/mol. The number of hydrogen-bond acceptors (Lipinski definition) is 3. The first-order chi connectivity index (χ1) is 6.88. The van der Waals surface area contributed by atoms with Gasteiger partial charge in [0, 0.05) is 26.2 Å². The lowest BCUT2D eigenvalue weighted by Crippen LogP contribution is -2.54. The molecule has 0 radical (unpaired) electrons. The highest BCUT2D eigenvalue weighted by Gasteiger charge is 2.26. The topological polar surface area (TPSA) is 44.4 Å². The standard InChI is InChI=1S/C10H19N3O/c14-10(9-3-1-2-4-12-9)13-7-5-11-6-8-13/h9,11-12H,1-8H2/t9-/m1/s1. The van der Waals surface area contributed by atoms with Crippen molar-refractivity contribution in [3.63, 3.8) is 0 Å². The van der Waals surface area contributed by atoms with E-state index >= 15 is 0 Å². The fraction of sp³-hybridized carbons (Fsp3) is 0.900. The van der Waals surface area contributed by atoms with Gasteiger partial charge >= 0.3 is 0 Å². The Morgan fingerprint density at radius 1 is 1.14 bits per heavy atom. The first-order valence-corrected chi connectivity index (χ1v) is 5.61. The fourth-order valence-corrected chi connectivity index (χ4v) is 2.17. The Kier molecular flexibility index (Phi) is 3.37. The highest BCUT2D eigenvalue weighted by molar-refractivity contribution is 5.82. The number of piperazine rings is 1. The second-order valence-corrected chi connectivity index (χ2v) is 4.08. The quantitative estimate of drug-likeness (QED) is 0.599. The molecule has 2 N–H and O–H groups in total. The zero-order chi connectivity index (χ0) is 9.80. The summed E-state index contributed by atoms with van der Waals surface area (Å²) in [6, 6.07) is 0.0989. The molecule has 4 heteroatoms. The summed E-state index contributed by atoms with van der Waals surface area (Å²) < 4.78 is 0. The van der Waals surface area contributed by atoms with E-state index in [9.17, 15) is 4.79 Å². The smallest absolute Gasteiger partial charge is 0.239 e. The van der Waals surface area contributed by atoms with Crippen molar-refractivity contribution in [2.45, 2.75) is 25.3 Å². The Hall–Kier alpha value is -0.610. The summed E-state index contributed by atoms with van der Waals surface area (Å²) in [5.74, 6) is 0.311. The van der Waals surface area contributed by atoms with E-state index in [1.807, 2.05) is 4.90 Å². The van der Waals surface area contributed by atoms with Gasteiger partial charge in [0.25, 0.3) is 0 Å². The van der Waals surface area contributed by atoms with Crippen LogP contribution >= 0.6 is 0 Å². The van der Waals surface area contributed by atoms with E-state index in [1.165, 1.54) is 12.8 Å². The first kappa shape index (κ1) is 9.93. The lowest BCUT2D eigenvalue weighted by molar-refractivity contribution is -0.134. The zero-order valence-electron chi connectivity index (χ0n) is 8.59. The van der Waals surface area contributed by atoms with Gasteiger partial charge in [-0.3, -0.25) is 4.79 Å². The molecule has 1 atom stereocenters. The third kappa shape index (κ3) is 2.25. The Bertz CT molecular complexity index is 176. The Morgan fingerprint density at radius 2 is 1.93 bits per heavy atom. The minimum Gasteiger partial charge on any atom is -0.339 e. The molecule has 2 aliphatic rings. The average Bonchev–Trinajstić information content (AvgIpc) is 2.30. The van der Waals surface area contributed by atoms with Gasteiger partial charge < -0.3 is 15.5 Å². The van der Waals surface area contributed by atoms with E-state index in [1.54, 1.807) is 0 Å². The summed E-state index contributed by atoms with van der Waals surface area (Å²) in [7, 11) is 0. The van der Waals surface area contributed by atoms with Crippen LogP contribution in [0.25, 0.3) is 0 Å². The molecule has 0 spiro atoms. The molecular formula is C10H19N3O. The van der Waals surface area contributed by atoms with Gasteiger partial charge in [0.15, 0.2) is 0 Å². The maximum absolute atomic E-state index is 12.0. The van der Waals surface area contributed by atoms with Crippen molar-refractivity contribution in [3.05, 3.63) is 0 Å². The van der Waals surface area contributed by atoms with Gasteiger partial charge in [-0.05, 0) is 19.4 Å². The van der Waals surface area contributed by atoms with Gasteiger partial charge in [-0.2, -0.15) is 0 Å². The van der Waals surface area contributed by atoms with Crippen LogP contribution in [0.3, 0.4) is 0 Å². The summed E-state index contributed by atoms with van der Waals surface area (Å²) in [4.78, 5) is 14.0. The number of nitrogens with one attached hydrogen (secondary N) is 2. The molecule has 0 saturated carbocycles. The SMILES string of the molecule is O=C([C@H]1CCCCN1)N1CCNCC1. The number of hydrogen-bond donors (Lipinski definition) is 2. The van der Waals surface area contributed by atoms with E-state index in [2.05, 4.69) is 10.6 Å². The Labute approximate surface area is 85.0 Å². The maximum Gasteiger partial charge on any atom is 0.239 e. The summed E-state index contributed by atoms with van der Waals surface area (Å²) in [6.45, 7) is 4.63. The van der Waals surface area contributed by atoms with Crippen molar-refractivity contribution >= 4 is 5.91 Å². The van der Waals surface area contributed by atoms with Crippen LogP contribution in [0.1, 0.15) is 19.3 Å². The summed E-state index contributed by atoms with van der Waals surface area (Å²) in [5, 5.41) is 6.56. The number of rotatable bonds is 1. The summed E-state index contributed by atoms with van der Waals surface area (Å²) in [6.07, 6.45) is 3.42. The lowest BCUT2D eigenvalue weighted by atomic mass is 10.0. The molecule has 1 amide bonds. The molecule has 14 heavy (non-hydrogen) atoms. The van der Waals surface area contributed by atoms with Crippen LogP contribution in [0.5, 0.6) is 0 Å². The zero-order valence-corrected chi connectivity index (χ0v) is 8.59. The van der Waals surface area contributed by atoms with E-state index in [0.717, 1.165) is 39.1 Å². The van der Waals surface area contributed by atoms with Gasteiger partial charge in [-0.25, -0.2) is 0 Å². The van der Waals surface area contributed by atoms with Crippen molar-refractivity contribution in [1.82, 2.24) is 15.5 Å². The van der Waals surface area contributed by atoms with Crippen LogP contribution in [0, 0.1) is 0 Å². The van der Waals surface area contributed by atoms with Crippen molar-refractivity contribution in [2.75, 3.05) is 32.7 Å². The minimum absolute atomic E-state index is 0.0989. The molecule has 2 aliphatic heterocycles. The lowest BCUT2D eigenvalue weighted by Gasteiger charge is -2.32. The summed E-state index contributed by atoms with van der Waals surface area (Å²) >= 11 is 0. The third-order valence-electron chi connectivity index (χ3n) is 3.04. The third-order valence-corrected chi connectivity index (χ3v) is 3.04. The predicted octanol–water partition coefficient (Wildman–Crippen LogP) is -0.440. The highest BCUT2D eigenvalue weighted by Crippen LogP contribution is 2.10. The predicted molar refractivity (Wildman–Crippen MR) is 55.1 cm³/mol. The van der Waals surface area contributed by atoms with Crippen LogP contribution in [0.15, 0.2) is 0 Å². The van der Waals surface area contributed by atoms with Crippen LogP contribution in [0.2, 0.25) is 0 Å². The molecule has 0 bridgehead atoms. The van der Waals surface area contributed by atoms with Crippen LogP contribution in [-0.2, 0) is 4.79 Å². The molecule has 2 saturated heterocycles. The van der Waals surface area contributed by atoms with Crippen molar-refractivity contribution in [1.29, 1.82) is 0 Å². The normalized spacial score (nSPS) is 28.9. The van der Waals surface area contributed by atoms with Crippen molar-refractivity contribution in [3.8, 4) is 0 Å². The second-order valence-electron chi connectivity index (χ2n) is 4.08. The van der Waals surface area contributed by atoms with E-state index in [4.69, 9.17) is 0 Å². The number of nitrogens with zero attached hydrogens (tertiary/aromatic N) is 1. The van der Waals surface area contributed by atoms with E-state index in [0.29, 0.717) is 5.91 Å². The van der Waals surface area contributed by atoms with Crippen molar-refractivity contribution < 1.29 is 4.79 Å². The highest BCUT2D eigenvalue weighted by atomic mass is 16.2. The molecule has 4 nitrogen and oxygen atoms in total. The minimum atomic E-state index is 0.0989. The van der Waals surface area contributed by atoms with Crippen LogP contribution in [0.4, 0.5) is 0 Å². The largest absolute Gasteiger partial charge is 0.339 e. The van der Waals surface area contributed by atoms with Gasteiger partial charge in [0.2, 0.25) is 5.91 Å². The average molecular weight is 197 g/mol. The molecule has 2 fully saturated rings. The maximum atomic E-state index is 12.0. The van der Waals surface area contributed by atoms with Gasteiger partial charge in [0.1, 0.15) is 0 Å². The molecule has 0 aliphatic carbocycles. The Balaban J connectivity index is 1.85. The number of piperidine rings is 1. The van der Waals surface area contributed by atoms with E-state index in [-0.39, 0.29) is 6.04 Å². The second kappa shape index (κ2) is 4.75. The monoisotopic (exact) mass is 197 g/mol. The van der Waals surface area contributed by atoms with E-state index < -0.39 is 0 Å². The van der Waals surface area contributed by atoms with Gasteiger partial charge in [-0.1, -0.05) is 6.42 Å². The molecule has 0 aromatic carbocycles. The molecule has 2 rings (SSSR count).